The number of amides is 2. The molecule has 1 aliphatic carbocycles. The summed E-state index contributed by atoms with van der Waals surface area (Å²) < 4.78 is 5.53. The molecule has 3 aromatic rings. The van der Waals surface area contributed by atoms with Crippen LogP contribution in [0.25, 0.3) is 11.1 Å². The quantitative estimate of drug-likeness (QED) is 0.405. The Hall–Kier alpha value is -3.72. The van der Waals surface area contributed by atoms with E-state index in [4.69, 9.17) is 4.74 Å². The standard InChI is InChI=1S/C26H27N3O5S/c1-14(2)12-21(24(31)32)28-23(30)22-15(3)27-25(35-22)29-26(33)34-13-20-18-10-6-4-8-16(18)17-9-5-7-11-19(17)20/h4-11,14,20-21H,12-13H2,1-3H3,(H,28,30)(H,31,32)(H,27,29,33)/t21-/m1/s1. The number of ether oxygens (including phenoxy) is 1. The average molecular weight is 494 g/mol. The first-order valence-electron chi connectivity index (χ1n) is 11.4. The zero-order chi connectivity index (χ0) is 25.1. The maximum atomic E-state index is 12.6. The van der Waals surface area contributed by atoms with Gasteiger partial charge >= 0.3 is 12.1 Å². The number of hydrogen-bond acceptors (Lipinski definition) is 6. The molecule has 1 atom stereocenters. The summed E-state index contributed by atoms with van der Waals surface area (Å²) >= 11 is 0.976. The molecule has 182 valence electrons. The highest BCUT2D eigenvalue weighted by Crippen LogP contribution is 2.44. The number of anilines is 1. The summed E-state index contributed by atoms with van der Waals surface area (Å²) in [5.41, 5.74) is 4.90. The highest BCUT2D eigenvalue weighted by molar-refractivity contribution is 7.17. The summed E-state index contributed by atoms with van der Waals surface area (Å²) in [7, 11) is 0. The Morgan fingerprint density at radius 2 is 1.66 bits per heavy atom. The first-order valence-corrected chi connectivity index (χ1v) is 12.2. The number of benzene rings is 2. The van der Waals surface area contributed by atoms with Gasteiger partial charge in [-0.1, -0.05) is 73.7 Å². The van der Waals surface area contributed by atoms with E-state index >= 15 is 0 Å². The van der Waals surface area contributed by atoms with Gasteiger partial charge in [-0.3, -0.25) is 10.1 Å². The third-order valence-electron chi connectivity index (χ3n) is 5.87. The number of carboxylic acid groups (broad SMARTS) is 1. The first-order chi connectivity index (χ1) is 16.7. The maximum Gasteiger partial charge on any atom is 0.413 e. The van der Waals surface area contributed by atoms with Crippen molar-refractivity contribution in [2.75, 3.05) is 11.9 Å². The number of hydrogen-bond donors (Lipinski definition) is 3. The predicted octanol–water partition coefficient (Wildman–Crippen LogP) is 5.04. The molecule has 0 saturated carbocycles. The molecule has 2 amide bonds. The van der Waals surface area contributed by atoms with Crippen molar-refractivity contribution in [3.63, 3.8) is 0 Å². The third kappa shape index (κ3) is 5.35. The molecule has 1 heterocycles. The first kappa shape index (κ1) is 24.4. The number of fused-ring (bicyclic) bond motifs is 3. The molecule has 8 nitrogen and oxygen atoms in total. The molecule has 0 spiro atoms. The fourth-order valence-electron chi connectivity index (χ4n) is 4.30. The molecule has 2 aromatic carbocycles. The lowest BCUT2D eigenvalue weighted by Crippen LogP contribution is -2.41. The summed E-state index contributed by atoms with van der Waals surface area (Å²) in [5.74, 6) is -1.59. The topological polar surface area (TPSA) is 118 Å². The summed E-state index contributed by atoms with van der Waals surface area (Å²) in [5, 5.41) is 14.7. The number of rotatable bonds is 8. The van der Waals surface area contributed by atoms with Crippen LogP contribution in [0.3, 0.4) is 0 Å². The van der Waals surface area contributed by atoms with Crippen molar-refractivity contribution in [1.29, 1.82) is 0 Å². The lowest BCUT2D eigenvalue weighted by atomic mass is 9.98. The van der Waals surface area contributed by atoms with Gasteiger partial charge in [0.15, 0.2) is 5.13 Å². The minimum atomic E-state index is -1.09. The highest BCUT2D eigenvalue weighted by atomic mass is 32.1. The number of nitrogens with zero attached hydrogens (tertiary/aromatic N) is 1. The zero-order valence-corrected chi connectivity index (χ0v) is 20.5. The Balaban J connectivity index is 1.40. The molecular formula is C26H27N3O5S. The van der Waals surface area contributed by atoms with Crippen molar-refractivity contribution in [3.8, 4) is 11.1 Å². The van der Waals surface area contributed by atoms with Gasteiger partial charge in [0.2, 0.25) is 0 Å². The van der Waals surface area contributed by atoms with E-state index in [1.165, 1.54) is 0 Å². The van der Waals surface area contributed by atoms with Crippen LogP contribution < -0.4 is 10.6 Å². The number of carbonyl (C=O) groups is 3. The van der Waals surface area contributed by atoms with E-state index in [2.05, 4.69) is 27.8 Å². The van der Waals surface area contributed by atoms with Crippen LogP contribution in [0.2, 0.25) is 0 Å². The van der Waals surface area contributed by atoms with Crippen LogP contribution in [0, 0.1) is 12.8 Å². The molecule has 0 fully saturated rings. The highest BCUT2D eigenvalue weighted by Gasteiger charge is 2.29. The number of thiazole rings is 1. The van der Waals surface area contributed by atoms with Crippen molar-refractivity contribution in [2.45, 2.75) is 39.2 Å². The number of carboxylic acids is 1. The molecule has 4 rings (SSSR count). The number of aliphatic carboxylic acids is 1. The molecule has 1 aromatic heterocycles. The number of aromatic nitrogens is 1. The van der Waals surface area contributed by atoms with E-state index in [9.17, 15) is 19.5 Å². The third-order valence-corrected chi connectivity index (χ3v) is 6.94. The molecule has 35 heavy (non-hydrogen) atoms. The monoisotopic (exact) mass is 493 g/mol. The van der Waals surface area contributed by atoms with Gasteiger partial charge in [0.05, 0.1) is 5.69 Å². The SMILES string of the molecule is Cc1nc(NC(=O)OCC2c3ccccc3-c3ccccc32)sc1C(=O)N[C@H](CC(C)C)C(=O)O. The molecule has 0 bridgehead atoms. The van der Waals surface area contributed by atoms with E-state index in [1.54, 1.807) is 6.92 Å². The van der Waals surface area contributed by atoms with E-state index in [0.717, 1.165) is 33.6 Å². The summed E-state index contributed by atoms with van der Waals surface area (Å²) in [6, 6.07) is 15.1. The average Bonchev–Trinajstić information content (AvgIpc) is 3.34. The van der Waals surface area contributed by atoms with E-state index < -0.39 is 24.0 Å². The zero-order valence-electron chi connectivity index (χ0n) is 19.7. The van der Waals surface area contributed by atoms with Crippen molar-refractivity contribution >= 4 is 34.4 Å². The van der Waals surface area contributed by atoms with Crippen molar-refractivity contribution in [2.24, 2.45) is 5.92 Å². The Bertz CT molecular complexity index is 1220. The molecule has 1 aliphatic rings. The fourth-order valence-corrected chi connectivity index (χ4v) is 5.15. The minimum Gasteiger partial charge on any atom is -0.480 e. The van der Waals surface area contributed by atoms with Crippen LogP contribution in [0.1, 0.15) is 52.7 Å². The molecule has 0 unspecified atom stereocenters. The second-order valence-corrected chi connectivity index (χ2v) is 9.88. The van der Waals surface area contributed by atoms with Gasteiger partial charge < -0.3 is 15.2 Å². The molecule has 9 heteroatoms. The molecule has 3 N–H and O–H groups in total. The normalized spacial score (nSPS) is 13.1. The van der Waals surface area contributed by atoms with Crippen LogP contribution in [0.4, 0.5) is 9.93 Å². The largest absolute Gasteiger partial charge is 0.480 e. The van der Waals surface area contributed by atoms with Gasteiger partial charge in [-0.25, -0.2) is 14.6 Å². The second-order valence-electron chi connectivity index (χ2n) is 8.88. The van der Waals surface area contributed by atoms with Crippen LogP contribution in [-0.2, 0) is 9.53 Å². The lowest BCUT2D eigenvalue weighted by Gasteiger charge is -2.15. The molecule has 0 radical (unpaired) electrons. The molecule has 0 saturated heterocycles. The van der Waals surface area contributed by atoms with Crippen molar-refractivity contribution in [1.82, 2.24) is 10.3 Å². The Morgan fingerprint density at radius 1 is 1.06 bits per heavy atom. The maximum absolute atomic E-state index is 12.6. The second kappa shape index (κ2) is 10.3. The van der Waals surface area contributed by atoms with Crippen LogP contribution >= 0.6 is 11.3 Å². The minimum absolute atomic E-state index is 0.0681. The van der Waals surface area contributed by atoms with Gasteiger partial charge in [-0.15, -0.1) is 0 Å². The fraction of sp³-hybridized carbons (Fsp3) is 0.308. The number of aryl methyl sites for hydroxylation is 1. The molecule has 0 aliphatic heterocycles. The van der Waals surface area contributed by atoms with Gasteiger partial charge in [0.25, 0.3) is 5.91 Å². The Morgan fingerprint density at radius 3 is 2.23 bits per heavy atom. The van der Waals surface area contributed by atoms with Gasteiger partial charge in [0.1, 0.15) is 17.5 Å². The Labute approximate surface area is 207 Å². The number of nitrogens with one attached hydrogen (secondary N) is 2. The summed E-state index contributed by atoms with van der Waals surface area (Å²) in [4.78, 5) is 41.1. The van der Waals surface area contributed by atoms with Crippen molar-refractivity contribution in [3.05, 3.63) is 70.2 Å². The lowest BCUT2D eigenvalue weighted by molar-refractivity contribution is -0.139. The summed E-state index contributed by atoms with van der Waals surface area (Å²) in [6.45, 7) is 5.56. The Kier molecular flexibility index (Phi) is 7.16. The van der Waals surface area contributed by atoms with Crippen LogP contribution in [0.5, 0.6) is 0 Å². The summed E-state index contributed by atoms with van der Waals surface area (Å²) in [6.07, 6.45) is -0.361. The van der Waals surface area contributed by atoms with Crippen molar-refractivity contribution < 1.29 is 24.2 Å². The van der Waals surface area contributed by atoms with E-state index in [1.807, 2.05) is 50.2 Å². The smallest absolute Gasteiger partial charge is 0.413 e. The van der Waals surface area contributed by atoms with Crippen LogP contribution in [-0.4, -0.2) is 40.7 Å². The van der Waals surface area contributed by atoms with E-state index in [0.29, 0.717) is 12.1 Å². The molecular weight excluding hydrogens is 466 g/mol. The predicted molar refractivity (Wildman–Crippen MR) is 134 cm³/mol. The van der Waals surface area contributed by atoms with Gasteiger partial charge in [-0.05, 0) is 41.5 Å². The number of carbonyl (C=O) groups excluding carboxylic acids is 2. The van der Waals surface area contributed by atoms with Gasteiger partial charge in [0, 0.05) is 5.92 Å². The van der Waals surface area contributed by atoms with Gasteiger partial charge in [-0.2, -0.15) is 0 Å². The van der Waals surface area contributed by atoms with E-state index in [-0.39, 0.29) is 28.5 Å². The van der Waals surface area contributed by atoms with Crippen LogP contribution in [0.15, 0.2) is 48.5 Å².